The number of nitrogens with one attached hydrogen (secondary N) is 1. The molecule has 3 unspecified atom stereocenters. The van der Waals surface area contributed by atoms with E-state index in [-0.39, 0.29) is 18.1 Å². The molecule has 0 saturated carbocycles. The number of hydrogen-bond acceptors (Lipinski definition) is 4. The van der Waals surface area contributed by atoms with E-state index in [0.717, 1.165) is 25.0 Å². The average molecular weight is 291 g/mol. The second kappa shape index (κ2) is 7.57. The molecule has 4 heteroatoms. The minimum Gasteiger partial charge on any atom is -0.468 e. The lowest BCUT2D eigenvalue weighted by Gasteiger charge is -2.34. The van der Waals surface area contributed by atoms with Gasteiger partial charge in [0.1, 0.15) is 6.04 Å². The van der Waals surface area contributed by atoms with Gasteiger partial charge in [-0.05, 0) is 24.3 Å². The molecule has 1 aliphatic rings. The molecular formula is C17H25NO3. The maximum atomic E-state index is 12.1. The smallest absolute Gasteiger partial charge is 0.327 e. The SMILES string of the molecule is COC(=O)C(NC1CCOC(C(C)C)C1)c1ccccc1. The fourth-order valence-corrected chi connectivity index (χ4v) is 2.74. The first kappa shape index (κ1) is 16.0. The van der Waals surface area contributed by atoms with Crippen molar-refractivity contribution in [3.05, 3.63) is 35.9 Å². The Morgan fingerprint density at radius 1 is 1.33 bits per heavy atom. The Morgan fingerprint density at radius 2 is 2.05 bits per heavy atom. The molecule has 1 aromatic rings. The van der Waals surface area contributed by atoms with Crippen LogP contribution in [0.1, 0.15) is 38.3 Å². The molecule has 2 rings (SSSR count). The van der Waals surface area contributed by atoms with Crippen molar-refractivity contribution in [1.29, 1.82) is 0 Å². The van der Waals surface area contributed by atoms with Crippen LogP contribution in [0.4, 0.5) is 0 Å². The third-order valence-electron chi connectivity index (χ3n) is 4.03. The van der Waals surface area contributed by atoms with Crippen LogP contribution in [0.3, 0.4) is 0 Å². The fraction of sp³-hybridized carbons (Fsp3) is 0.588. The van der Waals surface area contributed by atoms with Crippen molar-refractivity contribution in [2.24, 2.45) is 5.92 Å². The molecule has 0 radical (unpaired) electrons. The zero-order valence-electron chi connectivity index (χ0n) is 13.0. The van der Waals surface area contributed by atoms with Gasteiger partial charge in [0.2, 0.25) is 0 Å². The summed E-state index contributed by atoms with van der Waals surface area (Å²) in [5.41, 5.74) is 0.942. The van der Waals surface area contributed by atoms with Crippen LogP contribution in [0, 0.1) is 5.92 Å². The van der Waals surface area contributed by atoms with E-state index in [1.807, 2.05) is 30.3 Å². The highest BCUT2D eigenvalue weighted by molar-refractivity contribution is 5.77. The van der Waals surface area contributed by atoms with Crippen LogP contribution in [0.25, 0.3) is 0 Å². The molecule has 4 nitrogen and oxygen atoms in total. The van der Waals surface area contributed by atoms with Gasteiger partial charge >= 0.3 is 5.97 Å². The number of hydrogen-bond donors (Lipinski definition) is 1. The zero-order chi connectivity index (χ0) is 15.2. The predicted molar refractivity (Wildman–Crippen MR) is 81.9 cm³/mol. The minimum absolute atomic E-state index is 0.242. The lowest BCUT2D eigenvalue weighted by molar-refractivity contribution is -0.144. The summed E-state index contributed by atoms with van der Waals surface area (Å²) in [7, 11) is 1.43. The first-order valence-corrected chi connectivity index (χ1v) is 7.62. The molecule has 0 bridgehead atoms. The Hall–Kier alpha value is -1.39. The predicted octanol–water partition coefficient (Wildman–Crippen LogP) is 2.69. The molecule has 116 valence electrons. The molecule has 0 amide bonds. The van der Waals surface area contributed by atoms with Gasteiger partial charge in [0, 0.05) is 12.6 Å². The molecule has 21 heavy (non-hydrogen) atoms. The van der Waals surface area contributed by atoms with Crippen LogP contribution < -0.4 is 5.32 Å². The number of methoxy groups -OCH3 is 1. The largest absolute Gasteiger partial charge is 0.468 e. The molecule has 1 N–H and O–H groups in total. The van der Waals surface area contributed by atoms with Crippen molar-refractivity contribution in [2.75, 3.05) is 13.7 Å². The molecule has 1 saturated heterocycles. The monoisotopic (exact) mass is 291 g/mol. The van der Waals surface area contributed by atoms with E-state index >= 15 is 0 Å². The summed E-state index contributed by atoms with van der Waals surface area (Å²) >= 11 is 0. The maximum Gasteiger partial charge on any atom is 0.327 e. The van der Waals surface area contributed by atoms with Gasteiger partial charge in [-0.3, -0.25) is 5.32 Å². The third-order valence-corrected chi connectivity index (χ3v) is 4.03. The van der Waals surface area contributed by atoms with Crippen LogP contribution in [0.5, 0.6) is 0 Å². The molecule has 1 aromatic carbocycles. The topological polar surface area (TPSA) is 47.6 Å². The van der Waals surface area contributed by atoms with E-state index in [4.69, 9.17) is 9.47 Å². The van der Waals surface area contributed by atoms with E-state index in [1.54, 1.807) is 0 Å². The van der Waals surface area contributed by atoms with Gasteiger partial charge in [0.05, 0.1) is 13.2 Å². The Balaban J connectivity index is 2.07. The summed E-state index contributed by atoms with van der Waals surface area (Å²) in [6.45, 7) is 5.08. The van der Waals surface area contributed by atoms with Gasteiger partial charge in [-0.2, -0.15) is 0 Å². The normalized spacial score (nSPS) is 23.8. The number of rotatable bonds is 5. The highest BCUT2D eigenvalue weighted by Crippen LogP contribution is 2.23. The quantitative estimate of drug-likeness (QED) is 0.847. The fourth-order valence-electron chi connectivity index (χ4n) is 2.74. The first-order valence-electron chi connectivity index (χ1n) is 7.62. The molecule has 0 spiro atoms. The Morgan fingerprint density at radius 3 is 2.67 bits per heavy atom. The second-order valence-electron chi connectivity index (χ2n) is 5.91. The summed E-state index contributed by atoms with van der Waals surface area (Å²) in [6.07, 6.45) is 2.10. The Kier molecular flexibility index (Phi) is 5.76. The number of esters is 1. The van der Waals surface area contributed by atoms with Gasteiger partial charge < -0.3 is 9.47 Å². The van der Waals surface area contributed by atoms with E-state index < -0.39 is 6.04 Å². The van der Waals surface area contributed by atoms with E-state index in [0.29, 0.717) is 5.92 Å². The third kappa shape index (κ3) is 4.29. The van der Waals surface area contributed by atoms with Crippen LogP contribution in [-0.2, 0) is 14.3 Å². The summed E-state index contributed by atoms with van der Waals surface area (Å²) in [5, 5.41) is 3.45. The highest BCUT2D eigenvalue weighted by Gasteiger charge is 2.29. The molecule has 1 aliphatic heterocycles. The molecule has 3 atom stereocenters. The number of benzene rings is 1. The van der Waals surface area contributed by atoms with Crippen LogP contribution >= 0.6 is 0 Å². The lowest BCUT2D eigenvalue weighted by Crippen LogP contribution is -2.44. The van der Waals surface area contributed by atoms with Gasteiger partial charge in [0.15, 0.2) is 0 Å². The van der Waals surface area contributed by atoms with E-state index in [1.165, 1.54) is 7.11 Å². The van der Waals surface area contributed by atoms with Crippen LogP contribution in [-0.4, -0.2) is 31.8 Å². The molecule has 0 aromatic heterocycles. The number of carbonyl (C=O) groups is 1. The van der Waals surface area contributed by atoms with Gasteiger partial charge in [-0.15, -0.1) is 0 Å². The molecule has 1 fully saturated rings. The molecule has 1 heterocycles. The van der Waals surface area contributed by atoms with Crippen molar-refractivity contribution >= 4 is 5.97 Å². The zero-order valence-corrected chi connectivity index (χ0v) is 13.0. The second-order valence-corrected chi connectivity index (χ2v) is 5.91. The standard InChI is InChI=1S/C17H25NO3/c1-12(2)15-11-14(9-10-21-15)18-16(17(19)20-3)13-7-5-4-6-8-13/h4-8,12,14-16,18H,9-11H2,1-3H3. The van der Waals surface area contributed by atoms with Crippen LogP contribution in [0.15, 0.2) is 30.3 Å². The van der Waals surface area contributed by atoms with E-state index in [9.17, 15) is 4.79 Å². The van der Waals surface area contributed by atoms with Crippen molar-refractivity contribution in [1.82, 2.24) is 5.32 Å². The summed E-state index contributed by atoms with van der Waals surface area (Å²) < 4.78 is 10.7. The lowest BCUT2D eigenvalue weighted by atomic mass is 9.94. The Labute approximate surface area is 126 Å². The molecule has 0 aliphatic carbocycles. The van der Waals surface area contributed by atoms with Gasteiger partial charge in [0.25, 0.3) is 0 Å². The first-order chi connectivity index (χ1) is 10.1. The highest BCUT2D eigenvalue weighted by atomic mass is 16.5. The number of carbonyl (C=O) groups excluding carboxylic acids is 1. The van der Waals surface area contributed by atoms with Crippen molar-refractivity contribution in [2.45, 2.75) is 44.9 Å². The van der Waals surface area contributed by atoms with Crippen molar-refractivity contribution in [3.8, 4) is 0 Å². The van der Waals surface area contributed by atoms with E-state index in [2.05, 4.69) is 19.2 Å². The summed E-state index contributed by atoms with van der Waals surface area (Å²) in [6, 6.07) is 9.59. The maximum absolute atomic E-state index is 12.1. The summed E-state index contributed by atoms with van der Waals surface area (Å²) in [4.78, 5) is 12.1. The van der Waals surface area contributed by atoms with Gasteiger partial charge in [-0.25, -0.2) is 4.79 Å². The summed E-state index contributed by atoms with van der Waals surface area (Å²) in [5.74, 6) is 0.247. The molecular weight excluding hydrogens is 266 g/mol. The van der Waals surface area contributed by atoms with Crippen molar-refractivity contribution in [3.63, 3.8) is 0 Å². The average Bonchev–Trinajstić information content (AvgIpc) is 2.53. The Bertz CT molecular complexity index is 447. The minimum atomic E-state index is -0.410. The van der Waals surface area contributed by atoms with Crippen molar-refractivity contribution < 1.29 is 14.3 Å². The number of ether oxygens (including phenoxy) is 2. The van der Waals surface area contributed by atoms with Crippen LogP contribution in [0.2, 0.25) is 0 Å². The van der Waals surface area contributed by atoms with Gasteiger partial charge in [-0.1, -0.05) is 44.2 Å².